The summed E-state index contributed by atoms with van der Waals surface area (Å²) in [5.74, 6) is -0.893. The van der Waals surface area contributed by atoms with Crippen molar-refractivity contribution in [3.63, 3.8) is 0 Å². The zero-order chi connectivity index (χ0) is 21.5. The van der Waals surface area contributed by atoms with E-state index >= 15 is 0 Å². The summed E-state index contributed by atoms with van der Waals surface area (Å²) >= 11 is 0. The van der Waals surface area contributed by atoms with Crippen molar-refractivity contribution >= 4 is 34.2 Å². The van der Waals surface area contributed by atoms with Crippen LogP contribution in [-0.4, -0.2) is 35.6 Å². The molecule has 0 aliphatic carbocycles. The van der Waals surface area contributed by atoms with E-state index in [4.69, 9.17) is 10.2 Å². The molecule has 0 saturated heterocycles. The molecule has 0 bridgehead atoms. The van der Waals surface area contributed by atoms with Crippen LogP contribution in [0.5, 0.6) is 0 Å². The summed E-state index contributed by atoms with van der Waals surface area (Å²) < 4.78 is 5.78. The van der Waals surface area contributed by atoms with Gasteiger partial charge in [-0.1, -0.05) is 18.2 Å². The van der Waals surface area contributed by atoms with Crippen LogP contribution in [0.3, 0.4) is 0 Å². The summed E-state index contributed by atoms with van der Waals surface area (Å²) in [4.78, 5) is 26.9. The van der Waals surface area contributed by atoms with Gasteiger partial charge in [0.15, 0.2) is 0 Å². The Labute approximate surface area is 174 Å². The maximum absolute atomic E-state index is 13.0. The fourth-order valence-corrected chi connectivity index (χ4v) is 3.95. The first-order valence-corrected chi connectivity index (χ1v) is 9.96. The first kappa shape index (κ1) is 20.0. The van der Waals surface area contributed by atoms with Crippen molar-refractivity contribution in [3.05, 3.63) is 59.4 Å². The number of carbonyl (C=O) groups is 2. The predicted molar refractivity (Wildman–Crippen MR) is 115 cm³/mol. The standard InChI is InChI=1S/C23H25N3O4/c1-14-20(21(28)25-23(2,13-27)22(24)29)17-12-16(9-10-19(17)30-14)26-11-5-7-15-6-3-4-8-18(15)26/h3-4,6,8-10,12,27H,5,7,11,13H2,1-2H3,(H2,24,29)(H,25,28)/t23-/m0/s1. The number of carbonyl (C=O) groups excluding carboxylic acids is 2. The lowest BCUT2D eigenvalue weighted by Crippen LogP contribution is -2.57. The van der Waals surface area contributed by atoms with Crippen LogP contribution in [0.1, 0.15) is 35.0 Å². The number of nitrogens with zero attached hydrogens (tertiary/aromatic N) is 1. The maximum atomic E-state index is 13.0. The average Bonchev–Trinajstić information content (AvgIpc) is 3.08. The summed E-state index contributed by atoms with van der Waals surface area (Å²) in [6.45, 7) is 3.37. The molecule has 0 saturated carbocycles. The molecule has 2 amide bonds. The molecule has 1 aliphatic rings. The number of primary amides is 1. The van der Waals surface area contributed by atoms with E-state index in [0.717, 1.165) is 30.8 Å². The van der Waals surface area contributed by atoms with E-state index < -0.39 is 24.0 Å². The van der Waals surface area contributed by atoms with Crippen molar-refractivity contribution in [2.45, 2.75) is 32.2 Å². The summed E-state index contributed by atoms with van der Waals surface area (Å²) in [7, 11) is 0. The highest BCUT2D eigenvalue weighted by Gasteiger charge is 2.34. The second-order valence-electron chi connectivity index (χ2n) is 7.91. The van der Waals surface area contributed by atoms with Gasteiger partial charge in [0.25, 0.3) is 5.91 Å². The van der Waals surface area contributed by atoms with E-state index in [1.807, 2.05) is 30.3 Å². The Morgan fingerprint density at radius 1 is 1.27 bits per heavy atom. The lowest BCUT2D eigenvalue weighted by molar-refractivity contribution is -0.124. The zero-order valence-electron chi connectivity index (χ0n) is 17.1. The smallest absolute Gasteiger partial charge is 0.256 e. The van der Waals surface area contributed by atoms with Gasteiger partial charge >= 0.3 is 0 Å². The van der Waals surface area contributed by atoms with Gasteiger partial charge < -0.3 is 25.5 Å². The molecule has 0 unspecified atom stereocenters. The minimum absolute atomic E-state index is 0.332. The van der Waals surface area contributed by atoms with Gasteiger partial charge in [-0.3, -0.25) is 9.59 Å². The van der Waals surface area contributed by atoms with Gasteiger partial charge in [0, 0.05) is 23.3 Å². The lowest BCUT2D eigenvalue weighted by Gasteiger charge is -2.31. The van der Waals surface area contributed by atoms with Crippen LogP contribution in [0, 0.1) is 6.92 Å². The molecule has 0 fully saturated rings. The second-order valence-corrected chi connectivity index (χ2v) is 7.91. The average molecular weight is 407 g/mol. The van der Waals surface area contributed by atoms with Crippen molar-refractivity contribution in [2.75, 3.05) is 18.1 Å². The van der Waals surface area contributed by atoms with Gasteiger partial charge in [-0.25, -0.2) is 0 Å². The van der Waals surface area contributed by atoms with E-state index in [9.17, 15) is 14.7 Å². The van der Waals surface area contributed by atoms with E-state index in [-0.39, 0.29) is 0 Å². The number of anilines is 2. The van der Waals surface area contributed by atoms with Crippen LogP contribution < -0.4 is 16.0 Å². The molecule has 156 valence electrons. The molecule has 2 heterocycles. The Morgan fingerprint density at radius 2 is 2.03 bits per heavy atom. The fraction of sp³-hybridized carbons (Fsp3) is 0.304. The van der Waals surface area contributed by atoms with Crippen molar-refractivity contribution in [1.29, 1.82) is 0 Å². The number of benzene rings is 2. The molecular formula is C23H25N3O4. The largest absolute Gasteiger partial charge is 0.461 e. The summed E-state index contributed by atoms with van der Waals surface area (Å²) in [6.07, 6.45) is 2.08. The molecule has 3 aromatic rings. The van der Waals surface area contributed by atoms with Gasteiger partial charge in [-0.05, 0) is 56.5 Å². The number of rotatable bonds is 5. The molecule has 0 radical (unpaired) electrons. The first-order valence-electron chi connectivity index (χ1n) is 9.96. The molecule has 30 heavy (non-hydrogen) atoms. The van der Waals surface area contributed by atoms with E-state index in [2.05, 4.69) is 22.3 Å². The van der Waals surface area contributed by atoms with Crippen LogP contribution in [0.15, 0.2) is 46.9 Å². The zero-order valence-corrected chi connectivity index (χ0v) is 17.1. The number of amides is 2. The monoisotopic (exact) mass is 407 g/mol. The van der Waals surface area contributed by atoms with E-state index in [1.54, 1.807) is 6.92 Å². The van der Waals surface area contributed by atoms with Crippen molar-refractivity contribution in [1.82, 2.24) is 5.32 Å². The number of hydrogen-bond acceptors (Lipinski definition) is 5. The molecule has 7 nitrogen and oxygen atoms in total. The third-order valence-corrected chi connectivity index (χ3v) is 5.75. The van der Waals surface area contributed by atoms with Gasteiger partial charge in [-0.2, -0.15) is 0 Å². The fourth-order valence-electron chi connectivity index (χ4n) is 3.95. The van der Waals surface area contributed by atoms with E-state index in [1.165, 1.54) is 12.5 Å². The lowest BCUT2D eigenvalue weighted by atomic mass is 10.00. The molecule has 4 N–H and O–H groups in total. The van der Waals surface area contributed by atoms with Crippen LogP contribution in [0.25, 0.3) is 11.0 Å². The Balaban J connectivity index is 1.76. The molecule has 4 rings (SSSR count). The van der Waals surface area contributed by atoms with Crippen molar-refractivity contribution < 1.29 is 19.1 Å². The molecule has 1 atom stereocenters. The number of aliphatic hydroxyl groups is 1. The number of hydrogen-bond donors (Lipinski definition) is 3. The molecule has 1 aliphatic heterocycles. The number of fused-ring (bicyclic) bond motifs is 2. The van der Waals surface area contributed by atoms with Crippen LogP contribution in [0.2, 0.25) is 0 Å². The van der Waals surface area contributed by atoms with Gasteiger partial charge in [0.05, 0.1) is 12.2 Å². The first-order chi connectivity index (χ1) is 14.3. The summed E-state index contributed by atoms with van der Waals surface area (Å²) in [5, 5.41) is 12.8. The Morgan fingerprint density at radius 3 is 2.77 bits per heavy atom. The molecule has 1 aromatic heterocycles. The van der Waals surface area contributed by atoms with Gasteiger partial charge in [0.2, 0.25) is 5.91 Å². The number of aliphatic hydroxyl groups excluding tert-OH is 1. The van der Waals surface area contributed by atoms with Crippen LogP contribution in [0.4, 0.5) is 11.4 Å². The van der Waals surface area contributed by atoms with Crippen LogP contribution in [-0.2, 0) is 11.2 Å². The van der Waals surface area contributed by atoms with E-state index in [0.29, 0.717) is 22.3 Å². The minimum atomic E-state index is -1.56. The third kappa shape index (κ3) is 3.31. The highest BCUT2D eigenvalue weighted by atomic mass is 16.3. The second kappa shape index (κ2) is 7.50. The van der Waals surface area contributed by atoms with Crippen molar-refractivity contribution in [3.8, 4) is 0 Å². The number of furan rings is 1. The number of nitrogens with one attached hydrogen (secondary N) is 1. The van der Waals surface area contributed by atoms with Gasteiger partial charge in [-0.15, -0.1) is 0 Å². The predicted octanol–water partition coefficient (Wildman–Crippen LogP) is 2.79. The van der Waals surface area contributed by atoms with Crippen LogP contribution >= 0.6 is 0 Å². The molecule has 0 spiro atoms. The quantitative estimate of drug-likeness (QED) is 0.603. The molecular weight excluding hydrogens is 382 g/mol. The Hall–Kier alpha value is -3.32. The highest BCUT2D eigenvalue weighted by Crippen LogP contribution is 2.36. The molecule has 7 heteroatoms. The highest BCUT2D eigenvalue weighted by molar-refractivity contribution is 6.09. The SMILES string of the molecule is Cc1oc2ccc(N3CCCc4ccccc43)cc2c1C(=O)N[C@@](C)(CO)C(N)=O. The minimum Gasteiger partial charge on any atom is -0.461 e. The molecule has 2 aromatic carbocycles. The number of para-hydroxylation sites is 1. The number of aryl methyl sites for hydroxylation is 2. The number of nitrogens with two attached hydrogens (primary N) is 1. The van der Waals surface area contributed by atoms with Gasteiger partial charge in [0.1, 0.15) is 16.9 Å². The topological polar surface area (TPSA) is 109 Å². The summed E-state index contributed by atoms with van der Waals surface area (Å²) in [5.41, 5.74) is 8.13. The summed E-state index contributed by atoms with van der Waals surface area (Å²) in [6, 6.07) is 14.1. The Kier molecular flexibility index (Phi) is 4.99. The normalized spacial score (nSPS) is 15.5. The maximum Gasteiger partial charge on any atom is 0.256 e. The van der Waals surface area contributed by atoms with Crippen molar-refractivity contribution in [2.24, 2.45) is 5.73 Å². The Bertz CT molecular complexity index is 1140. The third-order valence-electron chi connectivity index (χ3n) is 5.75.